The van der Waals surface area contributed by atoms with Crippen molar-refractivity contribution < 1.29 is 19.2 Å². The largest absolute Gasteiger partial charge is 0.450 e. The van der Waals surface area contributed by atoms with Gasteiger partial charge in [0.15, 0.2) is 6.54 Å². The SMILES string of the molecule is CCOC(=O)NC(=O)C[NH+]1CCC[C@H](c2nc3ccccc3s2)C1. The fourth-order valence-corrected chi connectivity index (χ4v) is 4.24. The second kappa shape index (κ2) is 7.72. The van der Waals surface area contributed by atoms with Crippen LogP contribution in [0.5, 0.6) is 0 Å². The van der Waals surface area contributed by atoms with Crippen molar-refractivity contribution >= 4 is 33.6 Å². The van der Waals surface area contributed by atoms with Gasteiger partial charge in [0.05, 0.1) is 35.8 Å². The first-order valence-corrected chi connectivity index (χ1v) is 9.13. The summed E-state index contributed by atoms with van der Waals surface area (Å²) in [5, 5.41) is 3.42. The van der Waals surface area contributed by atoms with E-state index in [1.54, 1.807) is 18.3 Å². The van der Waals surface area contributed by atoms with Crippen LogP contribution in [0.2, 0.25) is 0 Å². The first kappa shape index (κ1) is 16.9. The Morgan fingerprint density at radius 1 is 1.42 bits per heavy atom. The van der Waals surface area contributed by atoms with Crippen molar-refractivity contribution in [3.8, 4) is 0 Å². The molecule has 0 spiro atoms. The van der Waals surface area contributed by atoms with Crippen molar-refractivity contribution in [2.45, 2.75) is 25.7 Å². The topological polar surface area (TPSA) is 72.7 Å². The van der Waals surface area contributed by atoms with Gasteiger partial charge in [-0.25, -0.2) is 9.78 Å². The number of nitrogens with zero attached hydrogens (tertiary/aromatic N) is 1. The maximum atomic E-state index is 11.9. The molecule has 2 amide bonds. The van der Waals surface area contributed by atoms with E-state index in [-0.39, 0.29) is 12.5 Å². The maximum Gasteiger partial charge on any atom is 0.414 e. The number of amides is 2. The minimum atomic E-state index is -0.665. The predicted molar refractivity (Wildman–Crippen MR) is 92.3 cm³/mol. The van der Waals surface area contributed by atoms with E-state index in [1.165, 1.54) is 9.60 Å². The molecule has 128 valence electrons. The molecule has 3 rings (SSSR count). The lowest BCUT2D eigenvalue weighted by Crippen LogP contribution is -3.14. The Morgan fingerprint density at radius 3 is 3.04 bits per heavy atom. The molecule has 0 radical (unpaired) electrons. The van der Waals surface area contributed by atoms with Crippen molar-refractivity contribution in [1.82, 2.24) is 10.3 Å². The molecule has 0 bridgehead atoms. The van der Waals surface area contributed by atoms with Gasteiger partial charge < -0.3 is 9.64 Å². The number of piperidine rings is 1. The first-order chi connectivity index (χ1) is 11.7. The Morgan fingerprint density at radius 2 is 2.25 bits per heavy atom. The van der Waals surface area contributed by atoms with Crippen LogP contribution in [0.3, 0.4) is 0 Å². The number of aromatic nitrogens is 1. The van der Waals surface area contributed by atoms with E-state index >= 15 is 0 Å². The highest BCUT2D eigenvalue weighted by Gasteiger charge is 2.28. The molecule has 2 atom stereocenters. The molecule has 7 heteroatoms. The Bertz CT molecular complexity index is 698. The van der Waals surface area contributed by atoms with E-state index in [9.17, 15) is 9.59 Å². The van der Waals surface area contributed by atoms with Gasteiger partial charge in [-0.05, 0) is 31.9 Å². The average Bonchev–Trinajstić information content (AvgIpc) is 2.99. The molecular weight excluding hydrogens is 326 g/mol. The molecule has 1 unspecified atom stereocenters. The van der Waals surface area contributed by atoms with Crippen LogP contribution < -0.4 is 10.2 Å². The van der Waals surface area contributed by atoms with E-state index < -0.39 is 6.09 Å². The number of rotatable bonds is 4. The summed E-state index contributed by atoms with van der Waals surface area (Å²) in [4.78, 5) is 29.2. The molecule has 0 aliphatic carbocycles. The van der Waals surface area contributed by atoms with Gasteiger partial charge >= 0.3 is 6.09 Å². The molecule has 1 aromatic carbocycles. The number of ether oxygens (including phenoxy) is 1. The molecule has 1 aromatic heterocycles. The lowest BCUT2D eigenvalue weighted by molar-refractivity contribution is -0.898. The van der Waals surface area contributed by atoms with Crippen molar-refractivity contribution in [3.63, 3.8) is 0 Å². The summed E-state index contributed by atoms with van der Waals surface area (Å²) in [5.74, 6) is 0.0925. The molecule has 1 aliphatic rings. The molecule has 0 saturated carbocycles. The maximum absolute atomic E-state index is 11.9. The Kier molecular flexibility index (Phi) is 5.42. The fourth-order valence-electron chi connectivity index (χ4n) is 3.14. The zero-order valence-corrected chi connectivity index (χ0v) is 14.5. The molecule has 2 heterocycles. The number of carbonyl (C=O) groups excluding carboxylic acids is 2. The van der Waals surface area contributed by atoms with Gasteiger partial charge in [0.2, 0.25) is 0 Å². The molecular formula is C17H22N3O3S+. The van der Waals surface area contributed by atoms with Crippen LogP contribution in [-0.2, 0) is 9.53 Å². The number of imide groups is 1. The van der Waals surface area contributed by atoms with Crippen LogP contribution in [0.25, 0.3) is 10.2 Å². The van der Waals surface area contributed by atoms with Gasteiger partial charge in [-0.1, -0.05) is 12.1 Å². The standard InChI is InChI=1S/C17H21N3O3S/c1-2-23-17(22)19-15(21)11-20-9-5-6-12(10-20)16-18-13-7-3-4-8-14(13)24-16/h3-4,7-8,12H,2,5-6,9-11H2,1H3,(H,19,21,22)/p+1/t12-/m0/s1. The normalized spacial score (nSPS) is 20.7. The number of quaternary nitrogens is 1. The third-order valence-corrected chi connectivity index (χ3v) is 5.40. The molecule has 6 nitrogen and oxygen atoms in total. The van der Waals surface area contributed by atoms with E-state index in [2.05, 4.69) is 11.4 Å². The monoisotopic (exact) mass is 348 g/mol. The van der Waals surface area contributed by atoms with Crippen LogP contribution in [0.1, 0.15) is 30.7 Å². The van der Waals surface area contributed by atoms with Crippen LogP contribution in [0.4, 0.5) is 4.79 Å². The zero-order chi connectivity index (χ0) is 16.9. The number of carbonyl (C=O) groups is 2. The molecule has 24 heavy (non-hydrogen) atoms. The lowest BCUT2D eigenvalue weighted by atomic mass is 9.99. The lowest BCUT2D eigenvalue weighted by Gasteiger charge is -2.28. The van der Waals surface area contributed by atoms with Gasteiger partial charge in [0, 0.05) is 0 Å². The second-order valence-corrected chi connectivity index (χ2v) is 7.07. The van der Waals surface area contributed by atoms with Gasteiger partial charge in [-0.2, -0.15) is 0 Å². The van der Waals surface area contributed by atoms with Crippen molar-refractivity contribution in [2.24, 2.45) is 0 Å². The van der Waals surface area contributed by atoms with E-state index in [1.807, 2.05) is 18.2 Å². The highest BCUT2D eigenvalue weighted by molar-refractivity contribution is 7.18. The molecule has 2 aromatic rings. The van der Waals surface area contributed by atoms with Gasteiger partial charge in [-0.3, -0.25) is 10.1 Å². The molecule has 1 saturated heterocycles. The molecule has 1 aliphatic heterocycles. The van der Waals surface area contributed by atoms with Crippen molar-refractivity contribution in [3.05, 3.63) is 29.3 Å². The highest BCUT2D eigenvalue weighted by Crippen LogP contribution is 2.30. The van der Waals surface area contributed by atoms with Gasteiger partial charge in [-0.15, -0.1) is 11.3 Å². The number of likely N-dealkylation sites (tertiary alicyclic amines) is 1. The van der Waals surface area contributed by atoms with E-state index in [4.69, 9.17) is 9.72 Å². The quantitative estimate of drug-likeness (QED) is 0.874. The van der Waals surface area contributed by atoms with Crippen LogP contribution in [0, 0.1) is 0 Å². The summed E-state index contributed by atoms with van der Waals surface area (Å²) in [5.41, 5.74) is 1.05. The van der Waals surface area contributed by atoms with E-state index in [0.717, 1.165) is 36.5 Å². The third kappa shape index (κ3) is 4.10. The summed E-state index contributed by atoms with van der Waals surface area (Å²) in [7, 11) is 0. The average molecular weight is 348 g/mol. The number of fused-ring (bicyclic) bond motifs is 1. The molecule has 1 fully saturated rings. The van der Waals surface area contributed by atoms with Gasteiger partial charge in [0.25, 0.3) is 5.91 Å². The number of hydrogen-bond acceptors (Lipinski definition) is 5. The van der Waals surface area contributed by atoms with Crippen LogP contribution >= 0.6 is 11.3 Å². The number of hydrogen-bond donors (Lipinski definition) is 2. The smallest absolute Gasteiger partial charge is 0.414 e. The Hall–Kier alpha value is -1.99. The number of alkyl carbamates (subject to hydrolysis) is 1. The summed E-state index contributed by atoms with van der Waals surface area (Å²) in [6.07, 6.45) is 1.49. The summed E-state index contributed by atoms with van der Waals surface area (Å²) < 4.78 is 5.95. The van der Waals surface area contributed by atoms with Crippen molar-refractivity contribution in [1.29, 1.82) is 0 Å². The Balaban J connectivity index is 1.59. The Labute approximate surface area is 144 Å². The zero-order valence-electron chi connectivity index (χ0n) is 13.7. The second-order valence-electron chi connectivity index (χ2n) is 6.01. The molecule has 2 N–H and O–H groups in total. The van der Waals surface area contributed by atoms with E-state index in [0.29, 0.717) is 12.5 Å². The minimum Gasteiger partial charge on any atom is -0.450 e. The van der Waals surface area contributed by atoms with Gasteiger partial charge in [0.1, 0.15) is 5.01 Å². The predicted octanol–water partition coefficient (Wildman–Crippen LogP) is 1.33. The fraction of sp³-hybridized carbons (Fsp3) is 0.471. The first-order valence-electron chi connectivity index (χ1n) is 8.31. The number of nitrogens with one attached hydrogen (secondary N) is 2. The van der Waals surface area contributed by atoms with Crippen LogP contribution in [-0.4, -0.2) is 43.2 Å². The third-order valence-electron chi connectivity index (χ3n) is 4.21. The summed E-state index contributed by atoms with van der Waals surface area (Å²) in [6.45, 7) is 4.08. The summed E-state index contributed by atoms with van der Waals surface area (Å²) in [6, 6.07) is 8.17. The summed E-state index contributed by atoms with van der Waals surface area (Å²) >= 11 is 1.74. The number of benzene rings is 1. The highest BCUT2D eigenvalue weighted by atomic mass is 32.1. The number of para-hydroxylation sites is 1. The van der Waals surface area contributed by atoms with Crippen LogP contribution in [0.15, 0.2) is 24.3 Å². The van der Waals surface area contributed by atoms with Crippen molar-refractivity contribution in [2.75, 3.05) is 26.2 Å². The minimum absolute atomic E-state index is 0.259. The number of thiazole rings is 1.